The Kier molecular flexibility index (Phi) is 8.45. The van der Waals surface area contributed by atoms with Crippen LogP contribution in [0.1, 0.15) is 79.9 Å². The lowest BCUT2D eigenvalue weighted by Gasteiger charge is -2.22. The number of benzene rings is 1. The highest BCUT2D eigenvalue weighted by atomic mass is 35.5. The van der Waals surface area contributed by atoms with E-state index in [1.54, 1.807) is 6.07 Å². The Hall–Kier alpha value is -2.86. The van der Waals surface area contributed by atoms with Crippen LogP contribution in [0.3, 0.4) is 0 Å². The summed E-state index contributed by atoms with van der Waals surface area (Å²) in [6, 6.07) is 11.7. The summed E-state index contributed by atoms with van der Waals surface area (Å²) in [7, 11) is 0. The maximum atomic E-state index is 12.9. The van der Waals surface area contributed by atoms with Crippen molar-refractivity contribution in [3.8, 4) is 0 Å². The molecule has 1 unspecified atom stereocenters. The second kappa shape index (κ2) is 11.7. The first-order valence-corrected chi connectivity index (χ1v) is 13.1. The molecule has 0 saturated heterocycles. The lowest BCUT2D eigenvalue weighted by molar-refractivity contribution is -0.120. The van der Waals surface area contributed by atoms with Crippen LogP contribution in [0, 0.1) is 5.92 Å². The third-order valence-corrected chi connectivity index (χ3v) is 6.95. The molecule has 0 radical (unpaired) electrons. The van der Waals surface area contributed by atoms with Crippen molar-refractivity contribution in [2.24, 2.45) is 5.92 Å². The first-order valence-electron chi connectivity index (χ1n) is 12.7. The number of nitrogens with one attached hydrogen (secondary N) is 2. The molecule has 4 rings (SSSR count). The van der Waals surface area contributed by atoms with E-state index in [1.165, 1.54) is 12.0 Å². The number of pyridine rings is 1. The van der Waals surface area contributed by atoms with Crippen molar-refractivity contribution < 1.29 is 9.59 Å². The van der Waals surface area contributed by atoms with E-state index in [2.05, 4.69) is 29.5 Å². The van der Waals surface area contributed by atoms with E-state index in [9.17, 15) is 9.59 Å². The highest BCUT2D eigenvalue weighted by Crippen LogP contribution is 2.25. The Morgan fingerprint density at radius 1 is 1.11 bits per heavy atom. The fourth-order valence-corrected chi connectivity index (χ4v) is 5.07. The predicted molar refractivity (Wildman–Crippen MR) is 140 cm³/mol. The van der Waals surface area contributed by atoms with Gasteiger partial charge < -0.3 is 15.0 Å². The highest BCUT2D eigenvalue weighted by Gasteiger charge is 2.20. The smallest absolute Gasteiger partial charge is 0.255 e. The van der Waals surface area contributed by atoms with Gasteiger partial charge in [-0.1, -0.05) is 56.8 Å². The normalized spacial score (nSPS) is 15.3. The second-order valence-electron chi connectivity index (χ2n) is 10.1. The zero-order valence-corrected chi connectivity index (χ0v) is 21.4. The van der Waals surface area contributed by atoms with E-state index in [1.807, 2.05) is 47.1 Å². The van der Waals surface area contributed by atoms with Crippen LogP contribution in [0.2, 0.25) is 5.02 Å². The lowest BCUT2D eigenvalue weighted by Crippen LogP contribution is -2.36. The van der Waals surface area contributed by atoms with E-state index >= 15 is 0 Å². The molecule has 1 saturated carbocycles. The Balaban J connectivity index is 1.40. The molecule has 0 aliphatic heterocycles. The van der Waals surface area contributed by atoms with Crippen molar-refractivity contribution in [2.45, 2.75) is 70.8 Å². The molecule has 2 aromatic heterocycles. The van der Waals surface area contributed by atoms with Crippen LogP contribution in [0.15, 0.2) is 48.8 Å². The second-order valence-corrected chi connectivity index (χ2v) is 10.5. The fraction of sp³-hybridized carbons (Fsp3) is 0.464. The summed E-state index contributed by atoms with van der Waals surface area (Å²) in [5.41, 5.74) is 2.95. The predicted octanol–water partition coefficient (Wildman–Crippen LogP) is 5.54. The molecular formula is C28H35ClN4O2. The van der Waals surface area contributed by atoms with E-state index in [0.717, 1.165) is 32.1 Å². The third-order valence-electron chi connectivity index (χ3n) is 6.70. The van der Waals surface area contributed by atoms with Crippen LogP contribution in [0.25, 0.3) is 5.65 Å². The highest BCUT2D eigenvalue weighted by molar-refractivity contribution is 6.30. The minimum absolute atomic E-state index is 0.0793. The molecule has 2 heterocycles. The van der Waals surface area contributed by atoms with Gasteiger partial charge >= 0.3 is 0 Å². The number of imidazole rings is 1. The molecule has 1 aromatic carbocycles. The van der Waals surface area contributed by atoms with Gasteiger partial charge in [-0.05, 0) is 55.0 Å². The van der Waals surface area contributed by atoms with E-state index < -0.39 is 0 Å². The molecule has 3 aromatic rings. The summed E-state index contributed by atoms with van der Waals surface area (Å²) in [5, 5.41) is 6.96. The molecule has 2 N–H and O–H groups in total. The lowest BCUT2D eigenvalue weighted by atomic mass is 9.90. The quantitative estimate of drug-likeness (QED) is 0.410. The van der Waals surface area contributed by atoms with Crippen molar-refractivity contribution in [2.75, 3.05) is 6.54 Å². The van der Waals surface area contributed by atoms with E-state index in [-0.39, 0.29) is 30.2 Å². The van der Waals surface area contributed by atoms with Crippen LogP contribution in [-0.2, 0) is 11.2 Å². The Labute approximate surface area is 212 Å². The van der Waals surface area contributed by atoms with Gasteiger partial charge in [-0.2, -0.15) is 0 Å². The van der Waals surface area contributed by atoms with Crippen molar-refractivity contribution in [1.82, 2.24) is 20.0 Å². The molecule has 0 bridgehead atoms. The third kappa shape index (κ3) is 6.85. The van der Waals surface area contributed by atoms with Crippen molar-refractivity contribution in [3.63, 3.8) is 0 Å². The molecule has 35 heavy (non-hydrogen) atoms. The summed E-state index contributed by atoms with van der Waals surface area (Å²) < 4.78 is 1.83. The number of carbonyl (C=O) groups is 2. The molecule has 0 spiro atoms. The molecule has 1 atom stereocenters. The van der Waals surface area contributed by atoms with Gasteiger partial charge in [0.1, 0.15) is 5.65 Å². The van der Waals surface area contributed by atoms with Crippen LogP contribution in [0.5, 0.6) is 0 Å². The van der Waals surface area contributed by atoms with Gasteiger partial charge in [-0.15, -0.1) is 0 Å². The summed E-state index contributed by atoms with van der Waals surface area (Å²) in [5.74, 6) is 0.546. The van der Waals surface area contributed by atoms with Gasteiger partial charge in [-0.3, -0.25) is 9.59 Å². The zero-order valence-electron chi connectivity index (χ0n) is 20.6. The van der Waals surface area contributed by atoms with Crippen LogP contribution < -0.4 is 10.6 Å². The van der Waals surface area contributed by atoms with Gasteiger partial charge in [0.15, 0.2) is 0 Å². The number of nitrogens with zero attached hydrogens (tertiary/aromatic N) is 2. The molecule has 7 heteroatoms. The Morgan fingerprint density at radius 3 is 2.57 bits per heavy atom. The first-order chi connectivity index (χ1) is 16.9. The Morgan fingerprint density at radius 2 is 1.86 bits per heavy atom. The summed E-state index contributed by atoms with van der Waals surface area (Å²) in [6.45, 7) is 4.92. The topological polar surface area (TPSA) is 75.5 Å². The van der Waals surface area contributed by atoms with Gasteiger partial charge in [0, 0.05) is 35.9 Å². The molecule has 6 nitrogen and oxygen atoms in total. The van der Waals surface area contributed by atoms with Gasteiger partial charge in [0.05, 0.1) is 17.7 Å². The van der Waals surface area contributed by atoms with Gasteiger partial charge in [-0.25, -0.2) is 4.98 Å². The number of amides is 2. The average molecular weight is 495 g/mol. The number of hydrogen-bond acceptors (Lipinski definition) is 3. The molecule has 1 aliphatic carbocycles. The van der Waals surface area contributed by atoms with Crippen molar-refractivity contribution in [3.05, 3.63) is 70.6 Å². The zero-order chi connectivity index (χ0) is 24.8. The minimum atomic E-state index is -0.0939. The number of halogens is 1. The largest absolute Gasteiger partial charge is 0.355 e. The summed E-state index contributed by atoms with van der Waals surface area (Å²) in [4.78, 5) is 30.4. The van der Waals surface area contributed by atoms with Gasteiger partial charge in [0.25, 0.3) is 5.91 Å². The molecule has 1 fully saturated rings. The van der Waals surface area contributed by atoms with Crippen molar-refractivity contribution in [1.29, 1.82) is 0 Å². The number of aromatic nitrogens is 2. The van der Waals surface area contributed by atoms with E-state index in [0.29, 0.717) is 34.4 Å². The standard InChI is InChI=1S/C28H35ClN4O2/c1-19(2)15-21(20-10-12-22(29)13-11-20)17-30-26(34)16-24-18-33-14-6-9-25(27(33)31-24)28(35)32-23-7-4-3-5-8-23/h6,9-14,18-19,21,23H,3-5,7-8,15-17H2,1-2H3,(H,30,34)(H,32,35). The number of rotatable bonds is 9. The van der Waals surface area contributed by atoms with Gasteiger partial charge in [0.2, 0.25) is 5.91 Å². The van der Waals surface area contributed by atoms with E-state index in [4.69, 9.17) is 11.6 Å². The van der Waals surface area contributed by atoms with Crippen LogP contribution in [-0.4, -0.2) is 33.8 Å². The summed E-state index contributed by atoms with van der Waals surface area (Å²) >= 11 is 6.05. The van der Waals surface area contributed by atoms with Crippen LogP contribution in [0.4, 0.5) is 0 Å². The maximum absolute atomic E-state index is 12.9. The number of hydrogen-bond donors (Lipinski definition) is 2. The fourth-order valence-electron chi connectivity index (χ4n) is 4.94. The molecule has 2 amide bonds. The monoisotopic (exact) mass is 494 g/mol. The van der Waals surface area contributed by atoms with Crippen molar-refractivity contribution >= 4 is 29.1 Å². The minimum Gasteiger partial charge on any atom is -0.355 e. The van der Waals surface area contributed by atoms with Crippen LogP contribution >= 0.6 is 11.6 Å². The maximum Gasteiger partial charge on any atom is 0.255 e. The molecular weight excluding hydrogens is 460 g/mol. The Bertz CT molecular complexity index is 1150. The number of carbonyl (C=O) groups excluding carboxylic acids is 2. The first kappa shape index (κ1) is 25.2. The molecule has 1 aliphatic rings. The molecule has 186 valence electrons. The SMILES string of the molecule is CC(C)CC(CNC(=O)Cc1cn2cccc(C(=O)NC3CCCCC3)c2n1)c1ccc(Cl)cc1. The summed E-state index contributed by atoms with van der Waals surface area (Å²) in [6.07, 6.45) is 10.5. The average Bonchev–Trinajstić information content (AvgIpc) is 3.25. The number of fused-ring (bicyclic) bond motifs is 1.